The molecule has 0 bridgehead atoms. The van der Waals surface area contributed by atoms with E-state index >= 15 is 0 Å². The minimum absolute atomic E-state index is 0.104. The maximum atomic E-state index is 12.1. The van der Waals surface area contributed by atoms with Gasteiger partial charge in [0.25, 0.3) is 0 Å². The third-order valence-electron chi connectivity index (χ3n) is 4.60. The number of carbonyl (C=O) groups excluding carboxylic acids is 1. The number of pyridine rings is 1. The summed E-state index contributed by atoms with van der Waals surface area (Å²) in [5, 5.41) is 12.3. The Kier molecular flexibility index (Phi) is 5.79. The van der Waals surface area contributed by atoms with Crippen LogP contribution >= 0.6 is 11.8 Å². The van der Waals surface area contributed by atoms with E-state index in [2.05, 4.69) is 29.5 Å². The number of amides is 1. The lowest BCUT2D eigenvalue weighted by Crippen LogP contribution is -2.39. The van der Waals surface area contributed by atoms with E-state index < -0.39 is 0 Å². The number of thioether (sulfide) groups is 1. The van der Waals surface area contributed by atoms with Gasteiger partial charge >= 0.3 is 0 Å². The van der Waals surface area contributed by atoms with Crippen LogP contribution in [0.25, 0.3) is 5.65 Å². The number of rotatable bonds is 6. The molecule has 5 nitrogen and oxygen atoms in total. The SMILES string of the molecule is Cc1ccc2nc(CSCC(=O)NC3CCC(CO)CC3)cn2c1. The van der Waals surface area contributed by atoms with E-state index in [1.807, 2.05) is 16.7 Å². The highest BCUT2D eigenvalue weighted by Gasteiger charge is 2.21. The number of imidazole rings is 1. The minimum atomic E-state index is 0.104. The molecule has 2 aromatic heterocycles. The fourth-order valence-corrected chi connectivity index (χ4v) is 3.95. The van der Waals surface area contributed by atoms with Crippen molar-refractivity contribution in [1.29, 1.82) is 0 Å². The first-order valence-electron chi connectivity index (χ1n) is 8.56. The molecule has 2 N–H and O–H groups in total. The van der Waals surface area contributed by atoms with Crippen LogP contribution in [0.15, 0.2) is 24.5 Å². The van der Waals surface area contributed by atoms with Gasteiger partial charge in [0.15, 0.2) is 0 Å². The average molecular weight is 347 g/mol. The molecule has 0 aromatic carbocycles. The van der Waals surface area contributed by atoms with Crippen LogP contribution in [0.5, 0.6) is 0 Å². The normalized spacial score (nSPS) is 21.1. The summed E-state index contributed by atoms with van der Waals surface area (Å²) in [6, 6.07) is 4.34. The fraction of sp³-hybridized carbons (Fsp3) is 0.556. The van der Waals surface area contributed by atoms with Crippen LogP contribution < -0.4 is 5.32 Å². The van der Waals surface area contributed by atoms with Gasteiger partial charge in [-0.3, -0.25) is 4.79 Å². The van der Waals surface area contributed by atoms with Gasteiger partial charge in [-0.1, -0.05) is 6.07 Å². The first kappa shape index (κ1) is 17.3. The van der Waals surface area contributed by atoms with Crippen LogP contribution in [0, 0.1) is 12.8 Å². The van der Waals surface area contributed by atoms with E-state index in [4.69, 9.17) is 5.11 Å². The summed E-state index contributed by atoms with van der Waals surface area (Å²) in [5.74, 6) is 1.73. The molecule has 1 aliphatic rings. The Morgan fingerprint density at radius 3 is 2.88 bits per heavy atom. The minimum Gasteiger partial charge on any atom is -0.396 e. The van der Waals surface area contributed by atoms with Crippen LogP contribution in [-0.2, 0) is 10.5 Å². The number of aliphatic hydroxyl groups is 1. The molecule has 1 saturated carbocycles. The zero-order valence-electron chi connectivity index (χ0n) is 14.1. The van der Waals surface area contributed by atoms with Gasteiger partial charge in [-0.05, 0) is 50.2 Å². The summed E-state index contributed by atoms with van der Waals surface area (Å²) in [5.41, 5.74) is 3.15. The summed E-state index contributed by atoms with van der Waals surface area (Å²) >= 11 is 1.60. The van der Waals surface area contributed by atoms with Crippen molar-refractivity contribution in [3.05, 3.63) is 35.8 Å². The number of carbonyl (C=O) groups is 1. The third-order valence-corrected chi connectivity index (χ3v) is 5.57. The fourth-order valence-electron chi connectivity index (χ4n) is 3.23. The average Bonchev–Trinajstić information content (AvgIpc) is 2.97. The molecule has 3 rings (SSSR count). The number of aryl methyl sites for hydroxylation is 1. The smallest absolute Gasteiger partial charge is 0.230 e. The van der Waals surface area contributed by atoms with Crippen molar-refractivity contribution in [2.75, 3.05) is 12.4 Å². The predicted molar refractivity (Wildman–Crippen MR) is 97.1 cm³/mol. The number of nitrogens with zero attached hydrogens (tertiary/aromatic N) is 2. The lowest BCUT2D eigenvalue weighted by Gasteiger charge is -2.27. The van der Waals surface area contributed by atoms with E-state index in [9.17, 15) is 4.79 Å². The monoisotopic (exact) mass is 347 g/mol. The van der Waals surface area contributed by atoms with Crippen molar-refractivity contribution in [2.45, 2.75) is 44.4 Å². The van der Waals surface area contributed by atoms with E-state index in [0.29, 0.717) is 11.7 Å². The first-order chi connectivity index (χ1) is 11.6. The molecule has 2 aromatic rings. The molecule has 130 valence electrons. The third kappa shape index (κ3) is 4.51. The summed E-state index contributed by atoms with van der Waals surface area (Å²) in [6.45, 7) is 2.33. The maximum absolute atomic E-state index is 12.1. The Balaban J connectivity index is 1.41. The maximum Gasteiger partial charge on any atom is 0.230 e. The molecule has 1 amide bonds. The highest BCUT2D eigenvalue weighted by atomic mass is 32.2. The zero-order chi connectivity index (χ0) is 16.9. The van der Waals surface area contributed by atoms with Crippen LogP contribution in [0.4, 0.5) is 0 Å². The van der Waals surface area contributed by atoms with Crippen molar-refractivity contribution in [1.82, 2.24) is 14.7 Å². The van der Waals surface area contributed by atoms with Crippen molar-refractivity contribution in [3.63, 3.8) is 0 Å². The van der Waals surface area contributed by atoms with Gasteiger partial charge < -0.3 is 14.8 Å². The number of hydrogen-bond donors (Lipinski definition) is 2. The first-order valence-corrected chi connectivity index (χ1v) is 9.71. The second kappa shape index (κ2) is 8.03. The number of aliphatic hydroxyl groups excluding tert-OH is 1. The topological polar surface area (TPSA) is 66.6 Å². The van der Waals surface area contributed by atoms with Crippen molar-refractivity contribution >= 4 is 23.3 Å². The molecule has 0 radical (unpaired) electrons. The molecule has 0 atom stereocenters. The van der Waals surface area contributed by atoms with Crippen LogP contribution in [-0.4, -0.2) is 38.8 Å². The predicted octanol–water partition coefficient (Wildman–Crippen LogP) is 2.54. The summed E-state index contributed by atoms with van der Waals surface area (Å²) < 4.78 is 2.03. The Morgan fingerprint density at radius 2 is 2.12 bits per heavy atom. The van der Waals surface area contributed by atoms with E-state index in [-0.39, 0.29) is 18.6 Å². The van der Waals surface area contributed by atoms with Crippen LogP contribution in [0.1, 0.15) is 36.9 Å². The molecule has 0 saturated heterocycles. The second-order valence-corrected chi connectivity index (χ2v) is 7.65. The van der Waals surface area contributed by atoms with Crippen LogP contribution in [0.2, 0.25) is 0 Å². The summed E-state index contributed by atoms with van der Waals surface area (Å²) in [7, 11) is 0. The van der Waals surface area contributed by atoms with E-state index in [0.717, 1.165) is 42.8 Å². The molecule has 24 heavy (non-hydrogen) atoms. The van der Waals surface area contributed by atoms with Gasteiger partial charge in [-0.2, -0.15) is 0 Å². The van der Waals surface area contributed by atoms with E-state index in [1.54, 1.807) is 11.8 Å². The molecule has 0 unspecified atom stereocenters. The van der Waals surface area contributed by atoms with Gasteiger partial charge in [0.1, 0.15) is 5.65 Å². The highest BCUT2D eigenvalue weighted by Crippen LogP contribution is 2.23. The number of hydrogen-bond acceptors (Lipinski definition) is 4. The quantitative estimate of drug-likeness (QED) is 0.843. The molecule has 6 heteroatoms. The molecular formula is C18H25N3O2S. The Labute approximate surface area is 146 Å². The molecular weight excluding hydrogens is 322 g/mol. The molecule has 1 aliphatic carbocycles. The summed E-state index contributed by atoms with van der Waals surface area (Å²) in [4.78, 5) is 16.6. The zero-order valence-corrected chi connectivity index (χ0v) is 14.9. The van der Waals surface area contributed by atoms with E-state index in [1.165, 1.54) is 5.56 Å². The standard InChI is InChI=1S/C18H25N3O2S/c1-13-2-7-17-19-16(9-21(17)8-13)11-24-12-18(23)20-15-5-3-14(10-22)4-6-15/h2,7-9,14-15,22H,3-6,10-12H2,1H3,(H,20,23). The second-order valence-electron chi connectivity index (χ2n) is 6.66. The van der Waals surface area contributed by atoms with Gasteiger partial charge in [0.05, 0.1) is 11.4 Å². The molecule has 0 spiro atoms. The largest absolute Gasteiger partial charge is 0.396 e. The Bertz CT molecular complexity index is 693. The summed E-state index contributed by atoms with van der Waals surface area (Å²) in [6.07, 6.45) is 8.07. The van der Waals surface area contributed by atoms with Crippen molar-refractivity contribution in [3.8, 4) is 0 Å². The van der Waals surface area contributed by atoms with Gasteiger partial charge in [0, 0.05) is 30.8 Å². The van der Waals surface area contributed by atoms with Gasteiger partial charge in [0.2, 0.25) is 5.91 Å². The Hall–Kier alpha value is -1.53. The molecule has 2 heterocycles. The number of aromatic nitrogens is 2. The van der Waals surface area contributed by atoms with Crippen molar-refractivity contribution < 1.29 is 9.90 Å². The van der Waals surface area contributed by atoms with Crippen LogP contribution in [0.3, 0.4) is 0 Å². The van der Waals surface area contributed by atoms with Gasteiger partial charge in [-0.25, -0.2) is 4.98 Å². The number of fused-ring (bicyclic) bond motifs is 1. The lowest BCUT2D eigenvalue weighted by atomic mass is 9.86. The lowest BCUT2D eigenvalue weighted by molar-refractivity contribution is -0.119. The molecule has 0 aliphatic heterocycles. The highest BCUT2D eigenvalue weighted by molar-refractivity contribution is 7.99. The van der Waals surface area contributed by atoms with Gasteiger partial charge in [-0.15, -0.1) is 11.8 Å². The molecule has 1 fully saturated rings. The number of nitrogens with one attached hydrogen (secondary N) is 1. The van der Waals surface area contributed by atoms with Crippen molar-refractivity contribution in [2.24, 2.45) is 5.92 Å². The Morgan fingerprint density at radius 1 is 1.33 bits per heavy atom.